The zero-order valence-electron chi connectivity index (χ0n) is 13.1. The van der Waals surface area contributed by atoms with E-state index < -0.39 is 16.1 Å². The molecule has 0 bridgehead atoms. The van der Waals surface area contributed by atoms with Gasteiger partial charge in [-0.1, -0.05) is 35.9 Å². The second kappa shape index (κ2) is 8.03. The van der Waals surface area contributed by atoms with Crippen LogP contribution in [0.15, 0.2) is 54.6 Å². The molecule has 0 aliphatic carbocycles. The van der Waals surface area contributed by atoms with Gasteiger partial charge in [0.15, 0.2) is 0 Å². The van der Waals surface area contributed by atoms with Crippen LogP contribution in [-0.2, 0) is 10.0 Å². The monoisotopic (exact) mass is 367 g/mol. The number of anilines is 2. The van der Waals surface area contributed by atoms with E-state index in [0.717, 1.165) is 6.26 Å². The Balaban J connectivity index is 1.95. The normalized spacial score (nSPS) is 10.9. The van der Waals surface area contributed by atoms with Gasteiger partial charge in [-0.05, 0) is 30.3 Å². The van der Waals surface area contributed by atoms with Gasteiger partial charge in [-0.2, -0.15) is 0 Å². The molecule has 6 nitrogen and oxygen atoms in total. The summed E-state index contributed by atoms with van der Waals surface area (Å²) in [6, 6.07) is 15.1. The summed E-state index contributed by atoms with van der Waals surface area (Å²) in [5, 5.41) is 5.73. The van der Waals surface area contributed by atoms with Crippen molar-refractivity contribution in [1.82, 2.24) is 5.32 Å². The van der Waals surface area contributed by atoms with Crippen LogP contribution in [0.3, 0.4) is 0 Å². The number of hydrogen-bond acceptors (Lipinski definition) is 3. The average molecular weight is 368 g/mol. The first kappa shape index (κ1) is 18.1. The van der Waals surface area contributed by atoms with Gasteiger partial charge in [-0.3, -0.25) is 4.31 Å². The Morgan fingerprint density at radius 2 is 1.83 bits per heavy atom. The summed E-state index contributed by atoms with van der Waals surface area (Å²) in [4.78, 5) is 11.8. The zero-order valence-corrected chi connectivity index (χ0v) is 14.6. The maximum absolute atomic E-state index is 12.0. The van der Waals surface area contributed by atoms with E-state index >= 15 is 0 Å². The van der Waals surface area contributed by atoms with Gasteiger partial charge < -0.3 is 10.6 Å². The molecule has 0 unspecified atom stereocenters. The lowest BCUT2D eigenvalue weighted by Crippen LogP contribution is -2.39. The van der Waals surface area contributed by atoms with Crippen molar-refractivity contribution in [2.24, 2.45) is 0 Å². The van der Waals surface area contributed by atoms with Crippen LogP contribution in [0.5, 0.6) is 0 Å². The number of nitrogens with one attached hydrogen (secondary N) is 2. The highest BCUT2D eigenvalue weighted by Gasteiger charge is 2.17. The van der Waals surface area contributed by atoms with Crippen LogP contribution in [0.25, 0.3) is 0 Å². The van der Waals surface area contributed by atoms with Crippen molar-refractivity contribution in [2.75, 3.05) is 29.0 Å². The fraction of sp³-hybridized carbons (Fsp3) is 0.188. The lowest BCUT2D eigenvalue weighted by atomic mass is 10.3. The molecule has 2 N–H and O–H groups in total. The molecule has 0 aliphatic rings. The van der Waals surface area contributed by atoms with Crippen LogP contribution >= 0.6 is 11.6 Å². The fourth-order valence-electron chi connectivity index (χ4n) is 2.09. The van der Waals surface area contributed by atoms with E-state index in [9.17, 15) is 13.2 Å². The molecule has 0 radical (unpaired) electrons. The predicted molar refractivity (Wildman–Crippen MR) is 97.1 cm³/mol. The minimum absolute atomic E-state index is 0.0986. The lowest BCUT2D eigenvalue weighted by molar-refractivity contribution is 0.252. The minimum atomic E-state index is -3.49. The summed E-state index contributed by atoms with van der Waals surface area (Å²) in [7, 11) is -3.49. The molecule has 0 atom stereocenters. The van der Waals surface area contributed by atoms with Crippen LogP contribution in [0, 0.1) is 0 Å². The Morgan fingerprint density at radius 3 is 2.46 bits per heavy atom. The summed E-state index contributed by atoms with van der Waals surface area (Å²) < 4.78 is 25.1. The molecule has 0 aromatic heterocycles. The molecule has 2 amide bonds. The zero-order chi connectivity index (χ0) is 17.6. The first-order valence-corrected chi connectivity index (χ1v) is 9.42. The molecule has 8 heteroatoms. The number of sulfonamides is 1. The number of carbonyl (C=O) groups is 1. The molecule has 2 aromatic rings. The van der Waals surface area contributed by atoms with Gasteiger partial charge in [0.1, 0.15) is 0 Å². The van der Waals surface area contributed by atoms with E-state index in [0.29, 0.717) is 16.4 Å². The van der Waals surface area contributed by atoms with Crippen molar-refractivity contribution < 1.29 is 13.2 Å². The van der Waals surface area contributed by atoms with Crippen LogP contribution in [0.4, 0.5) is 16.2 Å². The van der Waals surface area contributed by atoms with E-state index in [-0.39, 0.29) is 13.1 Å². The van der Waals surface area contributed by atoms with E-state index in [2.05, 4.69) is 10.6 Å². The topological polar surface area (TPSA) is 78.5 Å². The molecule has 0 saturated heterocycles. The van der Waals surface area contributed by atoms with Crippen LogP contribution in [0.2, 0.25) is 5.02 Å². The van der Waals surface area contributed by atoms with E-state index in [4.69, 9.17) is 11.6 Å². The van der Waals surface area contributed by atoms with Crippen molar-refractivity contribution >= 4 is 39.0 Å². The Labute approximate surface area is 146 Å². The summed E-state index contributed by atoms with van der Waals surface area (Å²) in [6.07, 6.45) is 1.11. The molecule has 0 heterocycles. The second-order valence-corrected chi connectivity index (χ2v) is 7.41. The fourth-order valence-corrected chi connectivity index (χ4v) is 3.19. The highest BCUT2D eigenvalue weighted by molar-refractivity contribution is 7.92. The second-order valence-electron chi connectivity index (χ2n) is 5.06. The molecule has 2 aromatic carbocycles. The van der Waals surface area contributed by atoms with Crippen molar-refractivity contribution in [2.45, 2.75) is 0 Å². The number of nitrogens with zero attached hydrogens (tertiary/aromatic N) is 1. The SMILES string of the molecule is CS(=O)(=O)N(CCNC(=O)Nc1ccccc1)c1cccc(Cl)c1. The van der Waals surface area contributed by atoms with Crippen LogP contribution in [0.1, 0.15) is 0 Å². The smallest absolute Gasteiger partial charge is 0.319 e. The highest BCUT2D eigenvalue weighted by atomic mass is 35.5. The van der Waals surface area contributed by atoms with Crippen LogP contribution < -0.4 is 14.9 Å². The van der Waals surface area contributed by atoms with E-state index in [1.165, 1.54) is 4.31 Å². The molecule has 128 valence electrons. The Bertz CT molecular complexity index is 797. The highest BCUT2D eigenvalue weighted by Crippen LogP contribution is 2.21. The average Bonchev–Trinajstić information content (AvgIpc) is 2.51. The standard InChI is InChI=1S/C16H18ClN3O3S/c1-24(22,23)20(15-9-5-6-13(17)12-15)11-10-18-16(21)19-14-7-3-2-4-8-14/h2-9,12H,10-11H2,1H3,(H2,18,19,21). The molecule has 2 rings (SSSR count). The van der Waals surface area contributed by atoms with Crippen molar-refractivity contribution in [3.05, 3.63) is 59.6 Å². The Hall–Kier alpha value is -2.25. The maximum Gasteiger partial charge on any atom is 0.319 e. The number of amides is 2. The molecule has 0 fully saturated rings. The number of benzene rings is 2. The van der Waals surface area contributed by atoms with Gasteiger partial charge in [0.2, 0.25) is 10.0 Å². The molecule has 0 saturated carbocycles. The number of urea groups is 1. The first-order chi connectivity index (χ1) is 11.4. The van der Waals surface area contributed by atoms with Gasteiger partial charge in [-0.15, -0.1) is 0 Å². The largest absolute Gasteiger partial charge is 0.336 e. The molecule has 0 spiro atoms. The number of hydrogen-bond donors (Lipinski definition) is 2. The molecular formula is C16H18ClN3O3S. The minimum Gasteiger partial charge on any atom is -0.336 e. The van der Waals surface area contributed by atoms with Crippen molar-refractivity contribution in [3.63, 3.8) is 0 Å². The third-order valence-electron chi connectivity index (χ3n) is 3.13. The quantitative estimate of drug-likeness (QED) is 0.823. The van der Waals surface area contributed by atoms with Crippen molar-refractivity contribution in [1.29, 1.82) is 0 Å². The van der Waals surface area contributed by atoms with Gasteiger partial charge in [0.05, 0.1) is 18.5 Å². The number of carbonyl (C=O) groups excluding carboxylic acids is 1. The van der Waals surface area contributed by atoms with Gasteiger partial charge in [0.25, 0.3) is 0 Å². The summed E-state index contributed by atoms with van der Waals surface area (Å²) in [5.74, 6) is 0. The van der Waals surface area contributed by atoms with Gasteiger partial charge >= 0.3 is 6.03 Å². The molecular weight excluding hydrogens is 350 g/mol. The lowest BCUT2D eigenvalue weighted by Gasteiger charge is -2.22. The third-order valence-corrected chi connectivity index (χ3v) is 4.56. The summed E-state index contributed by atoms with van der Waals surface area (Å²) >= 11 is 5.91. The number of rotatable bonds is 6. The Kier molecular flexibility index (Phi) is 6.05. The van der Waals surface area contributed by atoms with Gasteiger partial charge in [-0.25, -0.2) is 13.2 Å². The Morgan fingerprint density at radius 1 is 1.12 bits per heavy atom. The number of halogens is 1. The first-order valence-electron chi connectivity index (χ1n) is 7.19. The maximum atomic E-state index is 12.0. The molecule has 0 aliphatic heterocycles. The summed E-state index contributed by atoms with van der Waals surface area (Å²) in [6.45, 7) is 0.250. The van der Waals surface area contributed by atoms with Crippen molar-refractivity contribution in [3.8, 4) is 0 Å². The van der Waals surface area contributed by atoms with E-state index in [1.807, 2.05) is 6.07 Å². The third kappa shape index (κ3) is 5.43. The number of para-hydroxylation sites is 1. The molecule has 24 heavy (non-hydrogen) atoms. The summed E-state index contributed by atoms with van der Waals surface area (Å²) in [5.41, 5.74) is 1.11. The van der Waals surface area contributed by atoms with E-state index in [1.54, 1.807) is 48.5 Å². The predicted octanol–water partition coefficient (Wildman–Crippen LogP) is 2.93. The van der Waals surface area contributed by atoms with Gasteiger partial charge in [0, 0.05) is 17.3 Å². The van der Waals surface area contributed by atoms with Crippen LogP contribution in [-0.4, -0.2) is 33.8 Å².